The van der Waals surface area contributed by atoms with E-state index in [0.717, 1.165) is 12.1 Å². The molecule has 3 aromatic rings. The molecule has 0 N–H and O–H groups in total. The highest BCUT2D eigenvalue weighted by Crippen LogP contribution is 2.26. The number of hydrogen-bond acceptors (Lipinski definition) is 4. The van der Waals surface area contributed by atoms with Crippen molar-refractivity contribution >= 4 is 17.1 Å². The van der Waals surface area contributed by atoms with Crippen molar-refractivity contribution in [3.63, 3.8) is 0 Å². The highest BCUT2D eigenvalue weighted by atomic mass is 19.2. The molecule has 0 radical (unpaired) electrons. The normalized spacial score (nSPS) is 10.8. The van der Waals surface area contributed by atoms with E-state index in [1.54, 1.807) is 12.1 Å². The molecule has 0 aliphatic heterocycles. The fourth-order valence-electron chi connectivity index (χ4n) is 1.92. The van der Waals surface area contributed by atoms with Crippen LogP contribution in [0.1, 0.15) is 10.4 Å². The predicted octanol–water partition coefficient (Wildman–Crippen LogP) is 3.56. The van der Waals surface area contributed by atoms with E-state index in [-0.39, 0.29) is 5.89 Å². The zero-order valence-electron chi connectivity index (χ0n) is 10.9. The lowest BCUT2D eigenvalue weighted by molar-refractivity contribution is 0.0601. The molecule has 6 heteroatoms. The highest BCUT2D eigenvalue weighted by molar-refractivity contribution is 5.93. The van der Waals surface area contributed by atoms with Gasteiger partial charge in [0.2, 0.25) is 5.89 Å². The van der Waals surface area contributed by atoms with E-state index in [1.165, 1.54) is 19.2 Å². The third-order valence-electron chi connectivity index (χ3n) is 2.98. The number of methoxy groups -OCH3 is 1. The van der Waals surface area contributed by atoms with Gasteiger partial charge in [0, 0.05) is 5.56 Å². The molecular weight excluding hydrogens is 280 g/mol. The van der Waals surface area contributed by atoms with Crippen molar-refractivity contribution in [2.24, 2.45) is 0 Å². The first-order valence-electron chi connectivity index (χ1n) is 6.03. The quantitative estimate of drug-likeness (QED) is 0.677. The van der Waals surface area contributed by atoms with E-state index in [4.69, 9.17) is 4.42 Å². The molecule has 0 amide bonds. The molecule has 0 fully saturated rings. The molecule has 3 rings (SSSR count). The lowest BCUT2D eigenvalue weighted by Gasteiger charge is -1.97. The number of ether oxygens (including phenoxy) is 1. The van der Waals surface area contributed by atoms with Crippen LogP contribution >= 0.6 is 0 Å². The van der Waals surface area contributed by atoms with Gasteiger partial charge in [0.05, 0.1) is 12.7 Å². The van der Waals surface area contributed by atoms with Crippen LogP contribution in [0.15, 0.2) is 40.8 Å². The number of nitrogens with zero attached hydrogens (tertiary/aromatic N) is 1. The Morgan fingerprint density at radius 3 is 2.67 bits per heavy atom. The molecule has 21 heavy (non-hydrogen) atoms. The largest absolute Gasteiger partial charge is 0.465 e. The van der Waals surface area contributed by atoms with E-state index in [1.807, 2.05) is 0 Å². The zero-order valence-corrected chi connectivity index (χ0v) is 10.9. The number of rotatable bonds is 2. The molecule has 0 spiro atoms. The van der Waals surface area contributed by atoms with Crippen LogP contribution in [-0.4, -0.2) is 18.1 Å². The number of carbonyl (C=O) groups is 1. The molecule has 0 atom stereocenters. The maximum absolute atomic E-state index is 13.2. The van der Waals surface area contributed by atoms with Gasteiger partial charge in [0.25, 0.3) is 0 Å². The van der Waals surface area contributed by atoms with Crippen molar-refractivity contribution < 1.29 is 22.7 Å². The molecule has 106 valence electrons. The summed E-state index contributed by atoms with van der Waals surface area (Å²) in [5.41, 5.74) is 1.49. The topological polar surface area (TPSA) is 52.3 Å². The highest BCUT2D eigenvalue weighted by Gasteiger charge is 2.13. The fraction of sp³-hybridized carbons (Fsp3) is 0.0667. The number of esters is 1. The van der Waals surface area contributed by atoms with Gasteiger partial charge in [-0.3, -0.25) is 0 Å². The number of halogens is 2. The summed E-state index contributed by atoms with van der Waals surface area (Å²) in [6.45, 7) is 0. The molecule has 0 aliphatic carbocycles. The average molecular weight is 289 g/mol. The van der Waals surface area contributed by atoms with E-state index in [0.29, 0.717) is 22.2 Å². The minimum absolute atomic E-state index is 0.144. The van der Waals surface area contributed by atoms with Crippen molar-refractivity contribution in [3.8, 4) is 11.5 Å². The van der Waals surface area contributed by atoms with E-state index < -0.39 is 17.6 Å². The number of oxazole rings is 1. The summed E-state index contributed by atoms with van der Waals surface area (Å²) in [5, 5.41) is 0. The molecule has 0 unspecified atom stereocenters. The van der Waals surface area contributed by atoms with Gasteiger partial charge < -0.3 is 9.15 Å². The van der Waals surface area contributed by atoms with Crippen molar-refractivity contribution in [1.29, 1.82) is 0 Å². The lowest BCUT2D eigenvalue weighted by atomic mass is 10.2. The smallest absolute Gasteiger partial charge is 0.337 e. The fourth-order valence-corrected chi connectivity index (χ4v) is 1.92. The molecule has 2 aromatic carbocycles. The Labute approximate surface area is 118 Å². The van der Waals surface area contributed by atoms with Gasteiger partial charge in [-0.25, -0.2) is 18.6 Å². The van der Waals surface area contributed by atoms with Crippen molar-refractivity contribution in [3.05, 3.63) is 53.6 Å². The van der Waals surface area contributed by atoms with Gasteiger partial charge >= 0.3 is 5.97 Å². The Bertz CT molecular complexity index is 842. The van der Waals surface area contributed by atoms with Crippen LogP contribution in [0.25, 0.3) is 22.6 Å². The summed E-state index contributed by atoms with van der Waals surface area (Å²) < 4.78 is 36.2. The average Bonchev–Trinajstić information content (AvgIpc) is 2.92. The first-order valence-corrected chi connectivity index (χ1v) is 6.03. The number of hydrogen-bond donors (Lipinski definition) is 0. The second-order valence-electron chi connectivity index (χ2n) is 4.32. The number of fused-ring (bicyclic) bond motifs is 1. The number of benzene rings is 2. The maximum atomic E-state index is 13.2. The van der Waals surface area contributed by atoms with Gasteiger partial charge in [0.15, 0.2) is 17.2 Å². The number of aromatic nitrogens is 1. The van der Waals surface area contributed by atoms with Crippen LogP contribution < -0.4 is 0 Å². The predicted molar refractivity (Wildman–Crippen MR) is 70.7 cm³/mol. The Balaban J connectivity index is 2.08. The Kier molecular flexibility index (Phi) is 3.13. The minimum Gasteiger partial charge on any atom is -0.465 e. The van der Waals surface area contributed by atoms with Gasteiger partial charge in [-0.05, 0) is 36.4 Å². The summed E-state index contributed by atoms with van der Waals surface area (Å²) in [4.78, 5) is 15.6. The Hall–Kier alpha value is -2.76. The van der Waals surface area contributed by atoms with Crippen molar-refractivity contribution in [1.82, 2.24) is 4.98 Å². The van der Waals surface area contributed by atoms with Crippen molar-refractivity contribution in [2.45, 2.75) is 0 Å². The summed E-state index contributed by atoms with van der Waals surface area (Å²) in [6.07, 6.45) is 0. The SMILES string of the molecule is COC(=O)c1ccc2nc(-c3ccc(F)c(F)c3)oc2c1. The van der Waals surface area contributed by atoms with Gasteiger partial charge in [-0.1, -0.05) is 0 Å². The van der Waals surface area contributed by atoms with Gasteiger partial charge in [-0.15, -0.1) is 0 Å². The Morgan fingerprint density at radius 1 is 1.14 bits per heavy atom. The molecular formula is C15H9F2NO3. The molecule has 0 saturated carbocycles. The summed E-state index contributed by atoms with van der Waals surface area (Å²) in [5.74, 6) is -2.28. The molecule has 0 bridgehead atoms. The molecule has 0 saturated heterocycles. The summed E-state index contributed by atoms with van der Waals surface area (Å²) >= 11 is 0. The number of carbonyl (C=O) groups excluding carboxylic acids is 1. The first-order chi connectivity index (χ1) is 10.1. The van der Waals surface area contributed by atoms with Crippen LogP contribution in [-0.2, 0) is 4.74 Å². The molecule has 1 aromatic heterocycles. The van der Waals surface area contributed by atoms with E-state index in [9.17, 15) is 13.6 Å². The van der Waals surface area contributed by atoms with Crippen molar-refractivity contribution in [2.75, 3.05) is 7.11 Å². The standard InChI is InChI=1S/C15H9F2NO3/c1-20-15(19)9-3-5-12-13(7-9)21-14(18-12)8-2-4-10(16)11(17)6-8/h2-7H,1H3. The monoisotopic (exact) mass is 289 g/mol. The van der Waals surface area contributed by atoms with Crippen LogP contribution in [0.2, 0.25) is 0 Å². The lowest BCUT2D eigenvalue weighted by Crippen LogP contribution is -2.00. The summed E-state index contributed by atoms with van der Waals surface area (Å²) in [7, 11) is 1.28. The molecule has 4 nitrogen and oxygen atoms in total. The van der Waals surface area contributed by atoms with E-state index >= 15 is 0 Å². The first kappa shape index (κ1) is 13.2. The minimum atomic E-state index is -0.981. The second-order valence-corrected chi connectivity index (χ2v) is 4.32. The van der Waals surface area contributed by atoms with E-state index in [2.05, 4.69) is 9.72 Å². The van der Waals surface area contributed by atoms with Gasteiger partial charge in [0.1, 0.15) is 5.52 Å². The van der Waals surface area contributed by atoms with Crippen LogP contribution in [0.3, 0.4) is 0 Å². The Morgan fingerprint density at radius 2 is 1.95 bits per heavy atom. The summed E-state index contributed by atoms with van der Waals surface area (Å²) in [6, 6.07) is 7.99. The maximum Gasteiger partial charge on any atom is 0.337 e. The second kappa shape index (κ2) is 4.97. The van der Waals surface area contributed by atoms with Crippen LogP contribution in [0.4, 0.5) is 8.78 Å². The van der Waals surface area contributed by atoms with Crippen LogP contribution in [0.5, 0.6) is 0 Å². The third-order valence-corrected chi connectivity index (χ3v) is 2.98. The zero-order chi connectivity index (χ0) is 15.0. The molecule has 1 heterocycles. The third kappa shape index (κ3) is 2.35. The molecule has 0 aliphatic rings. The van der Waals surface area contributed by atoms with Gasteiger partial charge in [-0.2, -0.15) is 0 Å². The van der Waals surface area contributed by atoms with Crippen LogP contribution in [0, 0.1) is 11.6 Å².